The van der Waals surface area contributed by atoms with Gasteiger partial charge in [0.25, 0.3) is 0 Å². The Morgan fingerprint density at radius 2 is 2.19 bits per heavy atom. The van der Waals surface area contributed by atoms with Crippen molar-refractivity contribution in [1.29, 1.82) is 0 Å². The molecule has 0 aromatic heterocycles. The summed E-state index contributed by atoms with van der Waals surface area (Å²) in [7, 11) is 0. The number of likely N-dealkylation sites (N-methyl/N-ethyl adjacent to an activating group) is 1. The minimum atomic E-state index is -0.364. The molecule has 94 valence electrons. The molecule has 1 saturated carbocycles. The lowest BCUT2D eigenvalue weighted by atomic mass is 9.86. The van der Waals surface area contributed by atoms with Crippen molar-refractivity contribution in [2.24, 2.45) is 11.7 Å². The van der Waals surface area contributed by atoms with E-state index in [0.717, 1.165) is 12.8 Å². The van der Waals surface area contributed by atoms with Gasteiger partial charge in [-0.3, -0.25) is 4.79 Å². The molecule has 1 rings (SSSR count). The Labute approximate surface area is 97.9 Å². The summed E-state index contributed by atoms with van der Waals surface area (Å²) < 4.78 is 5.82. The molecule has 0 spiro atoms. The standard InChI is InChI=1S/C12H24N2O2/c1-3-14-12(15)9(2)16-11-7-5-4-6-10(11)8-13/h9-11H,3-8,13H2,1-2H3,(H,14,15). The summed E-state index contributed by atoms with van der Waals surface area (Å²) in [6.07, 6.45) is 4.38. The van der Waals surface area contributed by atoms with E-state index in [-0.39, 0.29) is 18.1 Å². The van der Waals surface area contributed by atoms with E-state index in [1.807, 2.05) is 13.8 Å². The van der Waals surface area contributed by atoms with E-state index in [2.05, 4.69) is 5.32 Å². The Kier molecular flexibility index (Phi) is 5.77. The molecule has 0 bridgehead atoms. The minimum absolute atomic E-state index is 0.0242. The van der Waals surface area contributed by atoms with Crippen LogP contribution in [0.25, 0.3) is 0 Å². The van der Waals surface area contributed by atoms with E-state index < -0.39 is 0 Å². The maximum atomic E-state index is 11.5. The fraction of sp³-hybridized carbons (Fsp3) is 0.917. The quantitative estimate of drug-likeness (QED) is 0.739. The highest BCUT2D eigenvalue weighted by atomic mass is 16.5. The predicted octanol–water partition coefficient (Wildman–Crippen LogP) is 1.05. The van der Waals surface area contributed by atoms with Crippen LogP contribution in [0.3, 0.4) is 0 Å². The van der Waals surface area contributed by atoms with E-state index >= 15 is 0 Å². The SMILES string of the molecule is CCNC(=O)C(C)OC1CCCCC1CN. The van der Waals surface area contributed by atoms with Crippen LogP contribution in [0.1, 0.15) is 39.5 Å². The number of amides is 1. The molecule has 0 aliphatic heterocycles. The molecule has 0 heterocycles. The molecule has 3 unspecified atom stereocenters. The summed E-state index contributed by atoms with van der Waals surface area (Å²) in [5.41, 5.74) is 5.72. The molecule has 0 saturated heterocycles. The lowest BCUT2D eigenvalue weighted by Crippen LogP contribution is -2.41. The highest BCUT2D eigenvalue weighted by Crippen LogP contribution is 2.26. The summed E-state index contributed by atoms with van der Waals surface area (Å²) in [6, 6.07) is 0. The molecule has 3 N–H and O–H groups in total. The van der Waals surface area contributed by atoms with E-state index in [1.54, 1.807) is 0 Å². The number of hydrogen-bond donors (Lipinski definition) is 2. The topological polar surface area (TPSA) is 64.3 Å². The molecule has 0 aromatic rings. The van der Waals surface area contributed by atoms with Crippen LogP contribution in [0, 0.1) is 5.92 Å². The Hall–Kier alpha value is -0.610. The Morgan fingerprint density at radius 1 is 1.50 bits per heavy atom. The van der Waals surface area contributed by atoms with E-state index in [1.165, 1.54) is 12.8 Å². The van der Waals surface area contributed by atoms with Crippen molar-refractivity contribution in [2.45, 2.75) is 51.7 Å². The number of carbonyl (C=O) groups excluding carboxylic acids is 1. The lowest BCUT2D eigenvalue weighted by Gasteiger charge is -2.32. The van der Waals surface area contributed by atoms with Crippen molar-refractivity contribution in [3.8, 4) is 0 Å². The van der Waals surface area contributed by atoms with Crippen LogP contribution >= 0.6 is 0 Å². The molecule has 1 amide bonds. The number of ether oxygens (including phenoxy) is 1. The average molecular weight is 228 g/mol. The Balaban J connectivity index is 2.41. The van der Waals surface area contributed by atoms with Crippen LogP contribution in [0.4, 0.5) is 0 Å². The van der Waals surface area contributed by atoms with Crippen LogP contribution in [0.15, 0.2) is 0 Å². The molecule has 0 aromatic carbocycles. The second kappa shape index (κ2) is 6.86. The third-order valence-corrected chi connectivity index (χ3v) is 3.24. The predicted molar refractivity (Wildman–Crippen MR) is 64.0 cm³/mol. The third-order valence-electron chi connectivity index (χ3n) is 3.24. The first-order valence-corrected chi connectivity index (χ1v) is 6.32. The summed E-state index contributed by atoms with van der Waals surface area (Å²) >= 11 is 0. The first kappa shape index (κ1) is 13.5. The van der Waals surface area contributed by atoms with Gasteiger partial charge in [0, 0.05) is 6.54 Å². The van der Waals surface area contributed by atoms with Gasteiger partial charge in [-0.05, 0) is 39.2 Å². The summed E-state index contributed by atoms with van der Waals surface area (Å²) in [4.78, 5) is 11.5. The fourth-order valence-electron chi connectivity index (χ4n) is 2.26. The van der Waals surface area contributed by atoms with Crippen molar-refractivity contribution < 1.29 is 9.53 Å². The van der Waals surface area contributed by atoms with Crippen molar-refractivity contribution in [1.82, 2.24) is 5.32 Å². The van der Waals surface area contributed by atoms with Crippen LogP contribution in [-0.2, 0) is 9.53 Å². The number of nitrogens with one attached hydrogen (secondary N) is 1. The van der Waals surface area contributed by atoms with Gasteiger partial charge >= 0.3 is 0 Å². The molecule has 1 aliphatic carbocycles. The Morgan fingerprint density at radius 3 is 2.81 bits per heavy atom. The van der Waals surface area contributed by atoms with Gasteiger partial charge in [-0.15, -0.1) is 0 Å². The largest absolute Gasteiger partial charge is 0.365 e. The second-order valence-corrected chi connectivity index (χ2v) is 4.49. The summed E-state index contributed by atoms with van der Waals surface area (Å²) in [5, 5.41) is 2.77. The van der Waals surface area contributed by atoms with Crippen LogP contribution < -0.4 is 11.1 Å². The van der Waals surface area contributed by atoms with Crippen molar-refractivity contribution in [3.63, 3.8) is 0 Å². The molecule has 4 nitrogen and oxygen atoms in total. The van der Waals surface area contributed by atoms with E-state index in [0.29, 0.717) is 19.0 Å². The highest BCUT2D eigenvalue weighted by Gasteiger charge is 2.27. The monoisotopic (exact) mass is 228 g/mol. The van der Waals surface area contributed by atoms with Gasteiger partial charge in [0.2, 0.25) is 5.91 Å². The molecule has 16 heavy (non-hydrogen) atoms. The van der Waals surface area contributed by atoms with Crippen molar-refractivity contribution in [3.05, 3.63) is 0 Å². The molecule has 1 aliphatic rings. The maximum absolute atomic E-state index is 11.5. The van der Waals surface area contributed by atoms with Gasteiger partial charge in [0.1, 0.15) is 6.10 Å². The van der Waals surface area contributed by atoms with Crippen molar-refractivity contribution in [2.75, 3.05) is 13.1 Å². The first-order chi connectivity index (χ1) is 7.69. The zero-order valence-electron chi connectivity index (χ0n) is 10.4. The van der Waals surface area contributed by atoms with Gasteiger partial charge in [-0.2, -0.15) is 0 Å². The van der Waals surface area contributed by atoms with Crippen molar-refractivity contribution >= 4 is 5.91 Å². The van der Waals surface area contributed by atoms with Gasteiger partial charge < -0.3 is 15.8 Å². The van der Waals surface area contributed by atoms with E-state index in [4.69, 9.17) is 10.5 Å². The zero-order chi connectivity index (χ0) is 12.0. The zero-order valence-corrected chi connectivity index (χ0v) is 10.4. The summed E-state index contributed by atoms with van der Waals surface area (Å²) in [5.74, 6) is 0.398. The highest BCUT2D eigenvalue weighted by molar-refractivity contribution is 5.80. The third kappa shape index (κ3) is 3.76. The smallest absolute Gasteiger partial charge is 0.248 e. The number of rotatable bonds is 5. The minimum Gasteiger partial charge on any atom is -0.365 e. The molecule has 0 radical (unpaired) electrons. The molecule has 3 atom stereocenters. The summed E-state index contributed by atoms with van der Waals surface area (Å²) in [6.45, 7) is 5.03. The number of nitrogens with two attached hydrogens (primary N) is 1. The second-order valence-electron chi connectivity index (χ2n) is 4.49. The van der Waals surface area contributed by atoms with Crippen LogP contribution in [0.2, 0.25) is 0 Å². The molecule has 1 fully saturated rings. The van der Waals surface area contributed by atoms with Crippen LogP contribution in [0.5, 0.6) is 0 Å². The average Bonchev–Trinajstić information content (AvgIpc) is 2.30. The number of carbonyl (C=O) groups is 1. The molecular formula is C12H24N2O2. The van der Waals surface area contributed by atoms with Gasteiger partial charge in [0.05, 0.1) is 6.10 Å². The van der Waals surface area contributed by atoms with E-state index in [9.17, 15) is 4.79 Å². The Bertz CT molecular complexity index is 221. The molecular weight excluding hydrogens is 204 g/mol. The normalized spacial score (nSPS) is 27.4. The van der Waals surface area contributed by atoms with Gasteiger partial charge in [-0.25, -0.2) is 0 Å². The van der Waals surface area contributed by atoms with Gasteiger partial charge in [0.15, 0.2) is 0 Å². The number of hydrogen-bond acceptors (Lipinski definition) is 3. The molecule has 4 heteroatoms. The van der Waals surface area contributed by atoms with Crippen LogP contribution in [-0.4, -0.2) is 31.2 Å². The lowest BCUT2D eigenvalue weighted by molar-refractivity contribution is -0.138. The van der Waals surface area contributed by atoms with Gasteiger partial charge in [-0.1, -0.05) is 12.8 Å². The maximum Gasteiger partial charge on any atom is 0.248 e. The first-order valence-electron chi connectivity index (χ1n) is 6.32. The fourth-order valence-corrected chi connectivity index (χ4v) is 2.26.